The second-order valence-electron chi connectivity index (χ2n) is 8.90. The number of nitrogen functional groups attached to an aromatic ring is 1. The van der Waals surface area contributed by atoms with Crippen LogP contribution < -0.4 is 15.5 Å². The van der Waals surface area contributed by atoms with Crippen LogP contribution in [0.5, 0.6) is 0 Å². The number of piperazine rings is 2. The summed E-state index contributed by atoms with van der Waals surface area (Å²) in [6, 6.07) is 5.11. The van der Waals surface area contributed by atoms with E-state index < -0.39 is 33.9 Å². The Bertz CT molecular complexity index is 1100. The molecule has 5 N–H and O–H groups in total. The number of aliphatic hydroxyl groups excluding tert-OH is 3. The summed E-state index contributed by atoms with van der Waals surface area (Å²) in [6.07, 6.45) is 0. The molecule has 2 aliphatic heterocycles. The predicted octanol–water partition coefficient (Wildman–Crippen LogP) is 1.26. The highest BCUT2D eigenvalue weighted by Gasteiger charge is 2.26. The number of halogens is 4. The predicted molar refractivity (Wildman–Crippen MR) is 143 cm³/mol. The van der Waals surface area contributed by atoms with Crippen LogP contribution in [0, 0.1) is 33.4 Å². The first kappa shape index (κ1) is 33.0. The highest BCUT2D eigenvalue weighted by Crippen LogP contribution is 2.29. The van der Waals surface area contributed by atoms with Crippen LogP contribution in [0.3, 0.4) is 0 Å². The lowest BCUT2D eigenvalue weighted by atomic mass is 10.2. The summed E-state index contributed by atoms with van der Waals surface area (Å²) in [7, 11) is 1.00. The van der Waals surface area contributed by atoms with Crippen molar-refractivity contribution >= 4 is 22.7 Å². The van der Waals surface area contributed by atoms with E-state index >= 15 is 0 Å². The third-order valence-electron chi connectivity index (χ3n) is 6.59. The second-order valence-corrected chi connectivity index (χ2v) is 8.90. The number of hydrogen-bond acceptors (Lipinski definition) is 10. The molecule has 40 heavy (non-hydrogen) atoms. The molecule has 0 amide bonds. The molecule has 0 saturated carbocycles. The number of rotatable bonds is 7. The molecule has 4 rings (SSSR count). The van der Waals surface area contributed by atoms with Gasteiger partial charge in [-0.3, -0.25) is 19.9 Å². The number of β-amino-alcohol motifs (C(OH)–C–C–N with tert-alkyl or cyclic N) is 2. The highest BCUT2D eigenvalue weighted by atomic mass is 19.2. The van der Waals surface area contributed by atoms with Crippen molar-refractivity contribution in [2.24, 2.45) is 0 Å². The van der Waals surface area contributed by atoms with Gasteiger partial charge in [0.05, 0.1) is 35.2 Å². The molecule has 0 aromatic heterocycles. The molecule has 0 radical (unpaired) electrons. The van der Waals surface area contributed by atoms with Crippen molar-refractivity contribution in [1.29, 1.82) is 0 Å². The molecule has 2 aromatic rings. The standard InChI is InChI=1S/C12H15F2N3O3.C12H17F2N3O.CH4O/c13-11-9(1-2-10(12(11)14)17(19)20)16-5-3-15(4-6-16)7-8-18;13-11-9(15)1-2-10(12(11)14)17-5-3-16(4-6-17)7-8-18;1-2/h1-2,18H,3-8H2;1-2,18H,3-8,15H2;2H,1H3. The van der Waals surface area contributed by atoms with E-state index in [-0.39, 0.29) is 30.3 Å². The lowest BCUT2D eigenvalue weighted by Crippen LogP contribution is -2.47. The van der Waals surface area contributed by atoms with E-state index in [0.29, 0.717) is 52.4 Å². The van der Waals surface area contributed by atoms with E-state index in [2.05, 4.69) is 4.90 Å². The fraction of sp³-hybridized carbons (Fsp3) is 0.520. The zero-order valence-electron chi connectivity index (χ0n) is 22.3. The normalized spacial score (nSPS) is 16.1. The Kier molecular flexibility index (Phi) is 13.3. The summed E-state index contributed by atoms with van der Waals surface area (Å²) in [5.41, 5.74) is 4.58. The molecular formula is C25H36F4N6O5. The van der Waals surface area contributed by atoms with Crippen molar-refractivity contribution in [2.75, 3.05) is 101 Å². The SMILES string of the molecule is CO.Nc1ccc(N2CCN(CCO)CC2)c(F)c1F.O=[N+]([O-])c1ccc(N2CCN(CCO)CC2)c(F)c1F. The molecule has 15 heteroatoms. The Morgan fingerprint density at radius 3 is 1.52 bits per heavy atom. The van der Waals surface area contributed by atoms with Crippen LogP contribution in [0.1, 0.15) is 0 Å². The fourth-order valence-corrected chi connectivity index (χ4v) is 4.42. The Balaban J connectivity index is 0.000000265. The van der Waals surface area contributed by atoms with Crippen LogP contribution in [-0.2, 0) is 0 Å². The summed E-state index contributed by atoms with van der Waals surface area (Å²) in [6.45, 7) is 6.22. The molecule has 0 atom stereocenters. The Labute approximate surface area is 229 Å². The molecule has 2 fully saturated rings. The number of anilines is 3. The van der Waals surface area contributed by atoms with Gasteiger partial charge < -0.3 is 30.9 Å². The summed E-state index contributed by atoms with van der Waals surface area (Å²) >= 11 is 0. The maximum absolute atomic E-state index is 13.9. The van der Waals surface area contributed by atoms with E-state index in [1.54, 1.807) is 9.80 Å². The van der Waals surface area contributed by atoms with Gasteiger partial charge in [0.25, 0.3) is 0 Å². The third kappa shape index (κ3) is 8.38. The van der Waals surface area contributed by atoms with Gasteiger partial charge in [0.2, 0.25) is 5.82 Å². The van der Waals surface area contributed by atoms with Crippen LogP contribution in [0.25, 0.3) is 0 Å². The topological polar surface area (TPSA) is 143 Å². The summed E-state index contributed by atoms with van der Waals surface area (Å²) in [5, 5.41) is 35.2. The molecule has 11 nitrogen and oxygen atoms in total. The smallest absolute Gasteiger partial charge is 0.308 e. The zero-order valence-corrected chi connectivity index (χ0v) is 22.3. The van der Waals surface area contributed by atoms with Crippen LogP contribution in [0.2, 0.25) is 0 Å². The summed E-state index contributed by atoms with van der Waals surface area (Å²) in [4.78, 5) is 17.1. The molecule has 2 saturated heterocycles. The number of benzene rings is 2. The average molecular weight is 577 g/mol. The lowest BCUT2D eigenvalue weighted by Gasteiger charge is -2.35. The van der Waals surface area contributed by atoms with Crippen LogP contribution in [-0.4, -0.2) is 116 Å². The van der Waals surface area contributed by atoms with Crippen LogP contribution in [0.4, 0.5) is 40.3 Å². The zero-order chi connectivity index (χ0) is 29.8. The van der Waals surface area contributed by atoms with Crippen molar-refractivity contribution in [1.82, 2.24) is 9.80 Å². The van der Waals surface area contributed by atoms with Gasteiger partial charge in [0, 0.05) is 78.6 Å². The van der Waals surface area contributed by atoms with Crippen molar-refractivity contribution < 1.29 is 37.8 Å². The van der Waals surface area contributed by atoms with Gasteiger partial charge >= 0.3 is 5.69 Å². The van der Waals surface area contributed by atoms with Crippen LogP contribution >= 0.6 is 0 Å². The number of nitrogens with two attached hydrogens (primary N) is 1. The van der Waals surface area contributed by atoms with Crippen molar-refractivity contribution in [2.45, 2.75) is 0 Å². The number of nitrogens with zero attached hydrogens (tertiary/aromatic N) is 5. The van der Waals surface area contributed by atoms with Gasteiger partial charge in [-0.15, -0.1) is 0 Å². The summed E-state index contributed by atoms with van der Waals surface area (Å²) in [5.74, 6) is -4.48. The number of nitro groups is 1. The Morgan fingerprint density at radius 1 is 0.725 bits per heavy atom. The monoisotopic (exact) mass is 576 g/mol. The first-order valence-corrected chi connectivity index (χ1v) is 12.6. The van der Waals surface area contributed by atoms with Crippen molar-refractivity contribution in [3.8, 4) is 0 Å². The number of hydrogen-bond donors (Lipinski definition) is 4. The highest BCUT2D eigenvalue weighted by molar-refractivity contribution is 5.56. The molecule has 0 bridgehead atoms. The minimum atomic E-state index is -1.43. The van der Waals surface area contributed by atoms with E-state index in [1.165, 1.54) is 18.2 Å². The second kappa shape index (κ2) is 16.1. The molecular weight excluding hydrogens is 540 g/mol. The van der Waals surface area contributed by atoms with Gasteiger partial charge in [-0.1, -0.05) is 0 Å². The molecule has 2 heterocycles. The van der Waals surface area contributed by atoms with E-state index in [9.17, 15) is 27.7 Å². The van der Waals surface area contributed by atoms with Gasteiger partial charge in [-0.25, -0.2) is 13.2 Å². The van der Waals surface area contributed by atoms with Gasteiger partial charge in [0.15, 0.2) is 17.5 Å². The van der Waals surface area contributed by atoms with E-state index in [4.69, 9.17) is 21.1 Å². The first-order valence-electron chi connectivity index (χ1n) is 12.6. The average Bonchev–Trinajstić information content (AvgIpc) is 2.96. The number of aliphatic hydroxyl groups is 3. The van der Waals surface area contributed by atoms with Gasteiger partial charge in [0.1, 0.15) is 0 Å². The maximum atomic E-state index is 13.9. The molecule has 0 aliphatic carbocycles. The molecule has 0 spiro atoms. The van der Waals surface area contributed by atoms with Crippen molar-refractivity contribution in [3.05, 3.63) is 57.6 Å². The van der Waals surface area contributed by atoms with Crippen LogP contribution in [0.15, 0.2) is 24.3 Å². The van der Waals surface area contributed by atoms with Crippen molar-refractivity contribution in [3.63, 3.8) is 0 Å². The maximum Gasteiger partial charge on any atom is 0.308 e. The fourth-order valence-electron chi connectivity index (χ4n) is 4.42. The van der Waals surface area contributed by atoms with E-state index in [1.807, 2.05) is 4.90 Å². The molecule has 0 unspecified atom stereocenters. The molecule has 2 aliphatic rings. The Hall–Kier alpha value is -3.24. The molecule has 224 valence electrons. The largest absolute Gasteiger partial charge is 0.400 e. The summed E-state index contributed by atoms with van der Waals surface area (Å²) < 4.78 is 54.6. The first-order chi connectivity index (χ1) is 19.2. The quantitative estimate of drug-likeness (QED) is 0.165. The van der Waals surface area contributed by atoms with Gasteiger partial charge in [-0.05, 0) is 18.2 Å². The Morgan fingerprint density at radius 2 is 1.12 bits per heavy atom. The number of nitro benzene ring substituents is 1. The minimum Gasteiger partial charge on any atom is -0.400 e. The molecule has 2 aromatic carbocycles. The minimum absolute atomic E-state index is 0.0387. The third-order valence-corrected chi connectivity index (χ3v) is 6.59. The van der Waals surface area contributed by atoms with Gasteiger partial charge in [-0.2, -0.15) is 4.39 Å². The lowest BCUT2D eigenvalue weighted by molar-refractivity contribution is -0.387. The van der Waals surface area contributed by atoms with E-state index in [0.717, 1.165) is 26.3 Å².